The van der Waals surface area contributed by atoms with Crippen molar-refractivity contribution in [2.24, 2.45) is 0 Å². The molecule has 0 aliphatic rings. The molecule has 1 N–H and O–H groups in total. The van der Waals surface area contributed by atoms with Crippen LogP contribution in [-0.2, 0) is 26.1 Å². The number of fused-ring (bicyclic) bond motifs is 1. The van der Waals surface area contributed by atoms with Crippen LogP contribution >= 0.6 is 11.6 Å². The number of unbranched alkanes of at least 4 members (excludes halogenated alkanes) is 1. The van der Waals surface area contributed by atoms with Crippen molar-refractivity contribution in [1.29, 1.82) is 0 Å². The molecule has 3 aromatic rings. The van der Waals surface area contributed by atoms with Gasteiger partial charge in [0.15, 0.2) is 11.2 Å². The molecule has 7 nitrogen and oxygen atoms in total. The summed E-state index contributed by atoms with van der Waals surface area (Å²) in [4.78, 5) is 30.8. The van der Waals surface area contributed by atoms with Gasteiger partial charge in [-0.05, 0) is 37.5 Å². The van der Waals surface area contributed by atoms with Crippen LogP contribution in [0.5, 0.6) is 0 Å². The van der Waals surface area contributed by atoms with E-state index in [4.69, 9.17) is 21.7 Å². The molecular weight excluding hydrogens is 392 g/mol. The molecule has 0 bridgehead atoms. The minimum Gasteiger partial charge on any atom is -0.396 e. The number of aromatic nitrogens is 4. The quantitative estimate of drug-likeness (QED) is 0.579. The van der Waals surface area contributed by atoms with Crippen molar-refractivity contribution in [2.45, 2.75) is 59.2 Å². The Hall–Kier alpha value is -2.38. The van der Waals surface area contributed by atoms with Crippen molar-refractivity contribution in [1.82, 2.24) is 18.7 Å². The first-order valence-corrected chi connectivity index (χ1v) is 10.5. The van der Waals surface area contributed by atoms with Crippen LogP contribution < -0.4 is 11.2 Å². The molecule has 3 rings (SSSR count). The van der Waals surface area contributed by atoms with Gasteiger partial charge in [0.25, 0.3) is 5.56 Å². The van der Waals surface area contributed by atoms with Gasteiger partial charge in [0.05, 0.1) is 0 Å². The van der Waals surface area contributed by atoms with E-state index in [0.29, 0.717) is 35.7 Å². The molecule has 0 unspecified atom stereocenters. The van der Waals surface area contributed by atoms with Crippen LogP contribution in [0, 0.1) is 0 Å². The number of rotatable bonds is 9. The highest BCUT2D eigenvalue weighted by Gasteiger charge is 2.21. The van der Waals surface area contributed by atoms with Crippen LogP contribution in [0.2, 0.25) is 5.02 Å². The van der Waals surface area contributed by atoms with Gasteiger partial charge < -0.3 is 9.67 Å². The SMILES string of the molecule is CCCCc1nc2c(c(=O)n(CCCO)c(=O)n2CC)n1Cc1ccc(Cl)cc1. The van der Waals surface area contributed by atoms with Gasteiger partial charge in [0, 0.05) is 37.7 Å². The molecule has 0 amide bonds. The monoisotopic (exact) mass is 418 g/mol. The Balaban J connectivity index is 2.26. The van der Waals surface area contributed by atoms with Crippen LogP contribution in [-0.4, -0.2) is 30.4 Å². The average Bonchev–Trinajstić information content (AvgIpc) is 3.06. The fourth-order valence-corrected chi connectivity index (χ4v) is 3.64. The lowest BCUT2D eigenvalue weighted by Crippen LogP contribution is -2.40. The highest BCUT2D eigenvalue weighted by Crippen LogP contribution is 2.18. The highest BCUT2D eigenvalue weighted by molar-refractivity contribution is 6.30. The molecule has 0 saturated carbocycles. The molecule has 0 atom stereocenters. The number of aliphatic hydroxyl groups is 1. The number of hydrogen-bond donors (Lipinski definition) is 1. The lowest BCUT2D eigenvalue weighted by Gasteiger charge is -2.12. The van der Waals surface area contributed by atoms with Gasteiger partial charge in [-0.3, -0.25) is 13.9 Å². The second-order valence-electron chi connectivity index (χ2n) is 7.08. The first-order chi connectivity index (χ1) is 14.0. The van der Waals surface area contributed by atoms with E-state index in [1.807, 2.05) is 35.8 Å². The summed E-state index contributed by atoms with van der Waals surface area (Å²) in [5, 5.41) is 9.82. The molecule has 2 heterocycles. The second kappa shape index (κ2) is 9.41. The second-order valence-corrected chi connectivity index (χ2v) is 7.51. The molecule has 0 radical (unpaired) electrons. The number of hydrogen-bond acceptors (Lipinski definition) is 4. The number of benzene rings is 1. The first kappa shape index (κ1) is 21.3. The highest BCUT2D eigenvalue weighted by atomic mass is 35.5. The molecule has 0 spiro atoms. The Morgan fingerprint density at radius 2 is 1.76 bits per heavy atom. The van der Waals surface area contributed by atoms with Gasteiger partial charge in [-0.2, -0.15) is 0 Å². The minimum atomic E-state index is -0.378. The maximum atomic E-state index is 13.3. The maximum Gasteiger partial charge on any atom is 0.332 e. The van der Waals surface area contributed by atoms with Crippen molar-refractivity contribution in [2.75, 3.05) is 6.61 Å². The molecule has 0 fully saturated rings. The number of aryl methyl sites for hydroxylation is 2. The van der Waals surface area contributed by atoms with E-state index < -0.39 is 0 Å². The Morgan fingerprint density at radius 3 is 2.38 bits per heavy atom. The van der Waals surface area contributed by atoms with Crippen molar-refractivity contribution >= 4 is 22.8 Å². The topological polar surface area (TPSA) is 82.1 Å². The van der Waals surface area contributed by atoms with E-state index in [2.05, 4.69) is 6.92 Å². The average molecular weight is 419 g/mol. The first-order valence-electron chi connectivity index (χ1n) is 10.1. The van der Waals surface area contributed by atoms with Crippen LogP contribution in [0.15, 0.2) is 33.9 Å². The number of imidazole rings is 1. The van der Waals surface area contributed by atoms with Crippen molar-refractivity contribution in [3.8, 4) is 0 Å². The van der Waals surface area contributed by atoms with Crippen molar-refractivity contribution in [3.05, 3.63) is 61.5 Å². The largest absolute Gasteiger partial charge is 0.396 e. The summed E-state index contributed by atoms with van der Waals surface area (Å²) in [6.45, 7) is 4.97. The lowest BCUT2D eigenvalue weighted by molar-refractivity contribution is 0.277. The molecule has 1 aromatic carbocycles. The third-order valence-corrected chi connectivity index (χ3v) is 5.31. The third-order valence-electron chi connectivity index (χ3n) is 5.06. The zero-order valence-corrected chi connectivity index (χ0v) is 17.7. The van der Waals surface area contributed by atoms with E-state index in [1.54, 1.807) is 4.57 Å². The van der Waals surface area contributed by atoms with E-state index in [0.717, 1.165) is 30.7 Å². The molecule has 156 valence electrons. The van der Waals surface area contributed by atoms with Crippen LogP contribution in [0.25, 0.3) is 11.2 Å². The molecule has 2 aromatic heterocycles. The summed E-state index contributed by atoms with van der Waals surface area (Å²) < 4.78 is 4.69. The van der Waals surface area contributed by atoms with E-state index >= 15 is 0 Å². The predicted molar refractivity (Wildman–Crippen MR) is 115 cm³/mol. The van der Waals surface area contributed by atoms with Gasteiger partial charge in [-0.15, -0.1) is 0 Å². The normalized spacial score (nSPS) is 11.4. The molecular formula is C21H27ClN4O3. The van der Waals surface area contributed by atoms with Gasteiger partial charge in [0.2, 0.25) is 0 Å². The summed E-state index contributed by atoms with van der Waals surface area (Å²) in [6, 6.07) is 7.50. The van der Waals surface area contributed by atoms with Gasteiger partial charge in [-0.25, -0.2) is 9.78 Å². The van der Waals surface area contributed by atoms with Gasteiger partial charge in [-0.1, -0.05) is 37.1 Å². The zero-order chi connectivity index (χ0) is 21.0. The summed E-state index contributed by atoms with van der Waals surface area (Å²) in [5.74, 6) is 0.801. The number of aliphatic hydroxyl groups excluding tert-OH is 1. The van der Waals surface area contributed by atoms with Crippen molar-refractivity contribution in [3.63, 3.8) is 0 Å². The molecule has 0 aliphatic carbocycles. The fraction of sp³-hybridized carbons (Fsp3) is 0.476. The third kappa shape index (κ3) is 4.31. The van der Waals surface area contributed by atoms with Crippen LogP contribution in [0.1, 0.15) is 44.5 Å². The molecule has 8 heteroatoms. The van der Waals surface area contributed by atoms with E-state index in [-0.39, 0.29) is 24.4 Å². The summed E-state index contributed by atoms with van der Waals surface area (Å²) >= 11 is 6.01. The van der Waals surface area contributed by atoms with Crippen molar-refractivity contribution < 1.29 is 5.11 Å². The van der Waals surface area contributed by atoms with Crippen LogP contribution in [0.4, 0.5) is 0 Å². The summed E-state index contributed by atoms with van der Waals surface area (Å²) in [6.07, 6.45) is 3.02. The maximum absolute atomic E-state index is 13.3. The van der Waals surface area contributed by atoms with Gasteiger partial charge in [0.1, 0.15) is 5.82 Å². The lowest BCUT2D eigenvalue weighted by atomic mass is 10.2. The van der Waals surface area contributed by atoms with E-state index in [1.165, 1.54) is 4.57 Å². The molecule has 29 heavy (non-hydrogen) atoms. The molecule has 0 saturated heterocycles. The summed E-state index contributed by atoms with van der Waals surface area (Å²) in [7, 11) is 0. The Bertz CT molecular complexity index is 1100. The Morgan fingerprint density at radius 1 is 1.03 bits per heavy atom. The zero-order valence-electron chi connectivity index (χ0n) is 16.9. The Kier molecular flexibility index (Phi) is 6.92. The van der Waals surface area contributed by atoms with E-state index in [9.17, 15) is 9.59 Å². The van der Waals surface area contributed by atoms with Crippen LogP contribution in [0.3, 0.4) is 0 Å². The van der Waals surface area contributed by atoms with Gasteiger partial charge >= 0.3 is 5.69 Å². The fourth-order valence-electron chi connectivity index (χ4n) is 3.52. The number of halogens is 1. The predicted octanol–water partition coefficient (Wildman–Crippen LogP) is 2.81. The minimum absolute atomic E-state index is 0.0815. The summed E-state index contributed by atoms with van der Waals surface area (Å²) in [5.41, 5.74) is 1.14. The smallest absolute Gasteiger partial charge is 0.332 e. The standard InChI is InChI=1S/C21H27ClN4O3/c1-3-5-7-17-23-19-18(26(17)14-15-8-10-16(22)11-9-15)20(28)25(12-6-13-27)21(29)24(19)4-2/h8-11,27H,3-7,12-14H2,1-2H3. The number of nitrogens with zero attached hydrogens (tertiary/aromatic N) is 4. The molecule has 0 aliphatic heterocycles. The Labute approximate surface area is 174 Å².